The highest BCUT2D eigenvalue weighted by Gasteiger charge is 2.12. The predicted molar refractivity (Wildman–Crippen MR) is 70.5 cm³/mol. The summed E-state index contributed by atoms with van der Waals surface area (Å²) in [6.07, 6.45) is 2.81. The molecule has 0 aliphatic carbocycles. The third-order valence-electron chi connectivity index (χ3n) is 3.12. The number of aromatic nitrogens is 2. The third-order valence-corrected chi connectivity index (χ3v) is 3.12. The van der Waals surface area contributed by atoms with Crippen molar-refractivity contribution in [2.24, 2.45) is 5.73 Å². The Labute approximate surface area is 106 Å². The minimum absolute atomic E-state index is 0.246. The molecule has 0 saturated heterocycles. The van der Waals surface area contributed by atoms with Crippen molar-refractivity contribution in [1.82, 2.24) is 9.78 Å². The van der Waals surface area contributed by atoms with Gasteiger partial charge in [0.25, 0.3) is 0 Å². The second-order valence-electron chi connectivity index (χ2n) is 4.37. The Kier molecular flexibility index (Phi) is 3.77. The van der Waals surface area contributed by atoms with Crippen LogP contribution in [0.3, 0.4) is 0 Å². The lowest BCUT2D eigenvalue weighted by atomic mass is 10.0. The molecule has 96 valence electrons. The van der Waals surface area contributed by atoms with Crippen molar-refractivity contribution in [2.45, 2.75) is 33.4 Å². The van der Waals surface area contributed by atoms with Gasteiger partial charge in [0.1, 0.15) is 5.82 Å². The molecular weight excluding hydrogens is 229 g/mol. The maximum atomic E-state index is 13.4. The van der Waals surface area contributed by atoms with Gasteiger partial charge in [-0.25, -0.2) is 4.39 Å². The average molecular weight is 247 g/mol. The van der Waals surface area contributed by atoms with Gasteiger partial charge >= 0.3 is 0 Å². The van der Waals surface area contributed by atoms with E-state index in [9.17, 15) is 4.39 Å². The summed E-state index contributed by atoms with van der Waals surface area (Å²) in [5.74, 6) is -0.246. The topological polar surface area (TPSA) is 43.8 Å². The van der Waals surface area contributed by atoms with Crippen LogP contribution < -0.4 is 5.73 Å². The van der Waals surface area contributed by atoms with Crippen LogP contribution in [0.15, 0.2) is 24.4 Å². The molecule has 0 fully saturated rings. The maximum Gasteiger partial charge on any atom is 0.123 e. The number of nitrogens with zero attached hydrogens (tertiary/aromatic N) is 2. The number of benzene rings is 1. The van der Waals surface area contributed by atoms with Crippen molar-refractivity contribution >= 4 is 0 Å². The third kappa shape index (κ3) is 2.29. The van der Waals surface area contributed by atoms with Crippen molar-refractivity contribution in [3.8, 4) is 11.1 Å². The standard InChI is InChI=1S/C14H18FN3/c1-3-6-18-10(2)14(9-17-18)13-7-12(15)5-4-11(13)8-16/h4-5,7,9H,3,6,8,16H2,1-2H3. The van der Waals surface area contributed by atoms with E-state index in [0.29, 0.717) is 6.54 Å². The van der Waals surface area contributed by atoms with E-state index in [1.165, 1.54) is 12.1 Å². The van der Waals surface area contributed by atoms with Gasteiger partial charge in [0, 0.05) is 24.3 Å². The van der Waals surface area contributed by atoms with Crippen LogP contribution >= 0.6 is 0 Å². The molecular formula is C14H18FN3. The van der Waals surface area contributed by atoms with Gasteiger partial charge in [-0.15, -0.1) is 0 Å². The lowest BCUT2D eigenvalue weighted by Crippen LogP contribution is -2.02. The van der Waals surface area contributed by atoms with Crippen LogP contribution in [-0.4, -0.2) is 9.78 Å². The van der Waals surface area contributed by atoms with Gasteiger partial charge in [-0.2, -0.15) is 5.10 Å². The van der Waals surface area contributed by atoms with E-state index in [-0.39, 0.29) is 5.82 Å². The fourth-order valence-corrected chi connectivity index (χ4v) is 2.13. The summed E-state index contributed by atoms with van der Waals surface area (Å²) in [6.45, 7) is 5.38. The molecule has 0 bridgehead atoms. The van der Waals surface area contributed by atoms with Crippen LogP contribution in [0.5, 0.6) is 0 Å². The van der Waals surface area contributed by atoms with E-state index in [1.54, 1.807) is 12.3 Å². The van der Waals surface area contributed by atoms with E-state index in [0.717, 1.165) is 35.3 Å². The number of nitrogens with two attached hydrogens (primary N) is 1. The predicted octanol–water partition coefficient (Wildman–Crippen LogP) is 2.87. The molecule has 1 aromatic carbocycles. The van der Waals surface area contributed by atoms with E-state index in [1.807, 2.05) is 11.6 Å². The minimum atomic E-state index is -0.246. The largest absolute Gasteiger partial charge is 0.326 e. The van der Waals surface area contributed by atoms with Crippen molar-refractivity contribution in [3.63, 3.8) is 0 Å². The number of aryl methyl sites for hydroxylation is 1. The molecule has 3 nitrogen and oxygen atoms in total. The molecule has 0 amide bonds. The Morgan fingerprint density at radius 1 is 1.33 bits per heavy atom. The fourth-order valence-electron chi connectivity index (χ4n) is 2.13. The zero-order chi connectivity index (χ0) is 13.1. The quantitative estimate of drug-likeness (QED) is 0.902. The number of hydrogen-bond acceptors (Lipinski definition) is 2. The summed E-state index contributed by atoms with van der Waals surface area (Å²) in [7, 11) is 0. The molecule has 2 aromatic rings. The van der Waals surface area contributed by atoms with Crippen molar-refractivity contribution in [3.05, 3.63) is 41.5 Å². The molecule has 0 aliphatic heterocycles. The molecule has 1 heterocycles. The van der Waals surface area contributed by atoms with Gasteiger partial charge in [-0.05, 0) is 36.6 Å². The molecule has 1 aromatic heterocycles. The zero-order valence-corrected chi connectivity index (χ0v) is 10.8. The SMILES string of the molecule is CCCn1ncc(-c2cc(F)ccc2CN)c1C. The van der Waals surface area contributed by atoms with Crippen molar-refractivity contribution < 1.29 is 4.39 Å². The summed E-state index contributed by atoms with van der Waals surface area (Å²) in [4.78, 5) is 0. The van der Waals surface area contributed by atoms with Gasteiger partial charge in [-0.3, -0.25) is 4.68 Å². The fraction of sp³-hybridized carbons (Fsp3) is 0.357. The Bertz CT molecular complexity index is 546. The lowest BCUT2D eigenvalue weighted by Gasteiger charge is -2.08. The number of hydrogen-bond donors (Lipinski definition) is 1. The van der Waals surface area contributed by atoms with Crippen LogP contribution in [-0.2, 0) is 13.1 Å². The van der Waals surface area contributed by atoms with Crippen molar-refractivity contribution in [1.29, 1.82) is 0 Å². The normalized spacial score (nSPS) is 10.9. The van der Waals surface area contributed by atoms with Gasteiger partial charge in [0.05, 0.1) is 6.20 Å². The zero-order valence-electron chi connectivity index (χ0n) is 10.8. The van der Waals surface area contributed by atoms with E-state index < -0.39 is 0 Å². The highest BCUT2D eigenvalue weighted by molar-refractivity contribution is 5.69. The second-order valence-corrected chi connectivity index (χ2v) is 4.37. The Morgan fingerprint density at radius 2 is 2.11 bits per heavy atom. The second kappa shape index (κ2) is 5.31. The minimum Gasteiger partial charge on any atom is -0.326 e. The molecule has 0 radical (unpaired) electrons. The molecule has 18 heavy (non-hydrogen) atoms. The summed E-state index contributed by atoms with van der Waals surface area (Å²) in [6, 6.07) is 4.71. The van der Waals surface area contributed by atoms with Crippen LogP contribution in [0.4, 0.5) is 4.39 Å². The van der Waals surface area contributed by atoms with Gasteiger partial charge in [0.15, 0.2) is 0 Å². The average Bonchev–Trinajstić information content (AvgIpc) is 2.72. The highest BCUT2D eigenvalue weighted by Crippen LogP contribution is 2.27. The molecule has 0 unspecified atom stereocenters. The lowest BCUT2D eigenvalue weighted by molar-refractivity contribution is 0.587. The Balaban J connectivity index is 2.51. The molecule has 0 atom stereocenters. The Hall–Kier alpha value is -1.68. The molecule has 2 rings (SSSR count). The molecule has 0 saturated carbocycles. The smallest absolute Gasteiger partial charge is 0.123 e. The van der Waals surface area contributed by atoms with Crippen molar-refractivity contribution in [2.75, 3.05) is 0 Å². The van der Waals surface area contributed by atoms with Crippen LogP contribution in [0, 0.1) is 12.7 Å². The van der Waals surface area contributed by atoms with Gasteiger partial charge in [-0.1, -0.05) is 13.0 Å². The van der Waals surface area contributed by atoms with Crippen LogP contribution in [0.1, 0.15) is 24.6 Å². The molecule has 0 spiro atoms. The van der Waals surface area contributed by atoms with Gasteiger partial charge in [0.2, 0.25) is 0 Å². The number of rotatable bonds is 4. The van der Waals surface area contributed by atoms with Crippen LogP contribution in [0.2, 0.25) is 0 Å². The number of halogens is 1. The van der Waals surface area contributed by atoms with Crippen LogP contribution in [0.25, 0.3) is 11.1 Å². The monoisotopic (exact) mass is 247 g/mol. The summed E-state index contributed by atoms with van der Waals surface area (Å²) < 4.78 is 15.3. The maximum absolute atomic E-state index is 13.4. The van der Waals surface area contributed by atoms with E-state index >= 15 is 0 Å². The van der Waals surface area contributed by atoms with E-state index in [2.05, 4.69) is 12.0 Å². The molecule has 2 N–H and O–H groups in total. The molecule has 4 heteroatoms. The summed E-state index contributed by atoms with van der Waals surface area (Å²) in [5.41, 5.74) is 9.50. The van der Waals surface area contributed by atoms with E-state index in [4.69, 9.17) is 5.73 Å². The summed E-state index contributed by atoms with van der Waals surface area (Å²) >= 11 is 0. The Morgan fingerprint density at radius 3 is 2.78 bits per heavy atom. The first kappa shape index (κ1) is 12.8. The summed E-state index contributed by atoms with van der Waals surface area (Å²) in [5, 5.41) is 4.34. The first-order chi connectivity index (χ1) is 8.67. The molecule has 0 aliphatic rings. The first-order valence-corrected chi connectivity index (χ1v) is 6.18. The first-order valence-electron chi connectivity index (χ1n) is 6.18. The van der Waals surface area contributed by atoms with Gasteiger partial charge < -0.3 is 5.73 Å². The highest BCUT2D eigenvalue weighted by atomic mass is 19.1.